The Bertz CT molecular complexity index is 603. The second kappa shape index (κ2) is 7.02. The Morgan fingerprint density at radius 2 is 2.14 bits per heavy atom. The van der Waals surface area contributed by atoms with E-state index in [2.05, 4.69) is 5.32 Å². The second-order valence-corrected chi connectivity index (χ2v) is 5.07. The number of carboxylic acids is 1. The Labute approximate surface area is 126 Å². The quantitative estimate of drug-likeness (QED) is 0.781. The van der Waals surface area contributed by atoms with Gasteiger partial charge in [0.05, 0.1) is 5.56 Å². The zero-order chi connectivity index (χ0) is 16.1. The summed E-state index contributed by atoms with van der Waals surface area (Å²) in [7, 11) is 0. The number of anilines is 1. The number of hydrogen-bond donors (Lipinski definition) is 2. The fourth-order valence-electron chi connectivity index (χ4n) is 2.31. The first-order valence-electron chi connectivity index (χ1n) is 7.09. The molecule has 0 unspecified atom stereocenters. The van der Waals surface area contributed by atoms with Crippen molar-refractivity contribution in [3.63, 3.8) is 0 Å². The van der Waals surface area contributed by atoms with Gasteiger partial charge in [-0.2, -0.15) is 0 Å². The van der Waals surface area contributed by atoms with E-state index in [1.807, 2.05) is 0 Å². The van der Waals surface area contributed by atoms with E-state index in [1.54, 1.807) is 0 Å². The molecule has 6 nitrogen and oxygen atoms in total. The predicted molar refractivity (Wildman–Crippen MR) is 77.2 cm³/mol. The minimum Gasteiger partial charge on any atom is -0.481 e. The van der Waals surface area contributed by atoms with Crippen LogP contribution in [0.3, 0.4) is 0 Å². The van der Waals surface area contributed by atoms with E-state index in [0.717, 1.165) is 12.5 Å². The van der Waals surface area contributed by atoms with Gasteiger partial charge in [0.25, 0.3) is 5.91 Å². The van der Waals surface area contributed by atoms with Gasteiger partial charge in [0.2, 0.25) is 5.91 Å². The maximum atomic E-state index is 13.8. The van der Waals surface area contributed by atoms with Gasteiger partial charge in [0.1, 0.15) is 5.82 Å². The molecule has 1 aliphatic heterocycles. The largest absolute Gasteiger partial charge is 0.481 e. The lowest BCUT2D eigenvalue weighted by atomic mass is 10.1. The van der Waals surface area contributed by atoms with E-state index in [1.165, 1.54) is 17.0 Å². The number of amides is 2. The van der Waals surface area contributed by atoms with Crippen LogP contribution in [0.4, 0.5) is 10.1 Å². The van der Waals surface area contributed by atoms with Crippen LogP contribution in [0, 0.1) is 5.82 Å². The monoisotopic (exact) mass is 308 g/mol. The summed E-state index contributed by atoms with van der Waals surface area (Å²) in [5, 5.41) is 11.0. The molecule has 1 saturated heterocycles. The van der Waals surface area contributed by atoms with Crippen molar-refractivity contribution in [1.82, 2.24) is 5.32 Å². The second-order valence-electron chi connectivity index (χ2n) is 5.07. The molecule has 1 aromatic carbocycles. The molecule has 0 saturated carbocycles. The number of carbonyl (C=O) groups is 3. The van der Waals surface area contributed by atoms with Gasteiger partial charge >= 0.3 is 5.97 Å². The first-order chi connectivity index (χ1) is 10.5. The zero-order valence-corrected chi connectivity index (χ0v) is 12.0. The van der Waals surface area contributed by atoms with Crippen molar-refractivity contribution in [2.45, 2.75) is 25.7 Å². The molecule has 0 aromatic heterocycles. The van der Waals surface area contributed by atoms with Crippen LogP contribution >= 0.6 is 0 Å². The summed E-state index contributed by atoms with van der Waals surface area (Å²) >= 11 is 0. The van der Waals surface area contributed by atoms with E-state index < -0.39 is 17.7 Å². The van der Waals surface area contributed by atoms with Gasteiger partial charge in [-0.3, -0.25) is 14.4 Å². The molecule has 0 radical (unpaired) electrons. The zero-order valence-electron chi connectivity index (χ0n) is 12.0. The fraction of sp³-hybridized carbons (Fsp3) is 0.400. The first kappa shape index (κ1) is 15.9. The average Bonchev–Trinajstić information content (AvgIpc) is 2.90. The normalized spacial score (nSPS) is 14.2. The number of rotatable bonds is 6. The number of nitrogens with one attached hydrogen (secondary N) is 1. The standard InChI is InChI=1S/C15H17FN2O4/c16-12-6-5-10(18-8-2-3-13(18)19)9-11(12)15(22)17-7-1-4-14(20)21/h5-6,9H,1-4,7-8H2,(H,17,22)(H,20,21). The number of nitrogens with zero attached hydrogens (tertiary/aromatic N) is 1. The lowest BCUT2D eigenvalue weighted by molar-refractivity contribution is -0.137. The molecule has 7 heteroatoms. The molecule has 1 fully saturated rings. The molecule has 1 heterocycles. The Morgan fingerprint density at radius 1 is 1.36 bits per heavy atom. The highest BCUT2D eigenvalue weighted by molar-refractivity contribution is 5.99. The van der Waals surface area contributed by atoms with Gasteiger partial charge in [-0.1, -0.05) is 0 Å². The number of benzene rings is 1. The number of aliphatic carboxylic acids is 1. The number of carbonyl (C=O) groups excluding carboxylic acids is 2. The summed E-state index contributed by atoms with van der Waals surface area (Å²) in [6.07, 6.45) is 1.40. The SMILES string of the molecule is O=C(O)CCCNC(=O)c1cc(N2CCCC2=O)ccc1F. The molecule has 2 N–H and O–H groups in total. The van der Waals surface area contributed by atoms with Crippen molar-refractivity contribution in [2.24, 2.45) is 0 Å². The molecule has 2 rings (SSSR count). The van der Waals surface area contributed by atoms with Crippen LogP contribution in [0.1, 0.15) is 36.0 Å². The molecule has 1 aromatic rings. The molecule has 0 bridgehead atoms. The summed E-state index contributed by atoms with van der Waals surface area (Å²) in [4.78, 5) is 35.6. The Morgan fingerprint density at radius 3 is 2.77 bits per heavy atom. The lowest BCUT2D eigenvalue weighted by Gasteiger charge is -2.17. The van der Waals surface area contributed by atoms with Crippen LogP contribution in [-0.4, -0.2) is 36.0 Å². The fourth-order valence-corrected chi connectivity index (χ4v) is 2.31. The molecule has 118 valence electrons. The van der Waals surface area contributed by atoms with Crippen LogP contribution in [0.2, 0.25) is 0 Å². The molecular weight excluding hydrogens is 291 g/mol. The molecule has 22 heavy (non-hydrogen) atoms. The van der Waals surface area contributed by atoms with Crippen molar-refractivity contribution >= 4 is 23.5 Å². The highest BCUT2D eigenvalue weighted by Gasteiger charge is 2.23. The summed E-state index contributed by atoms with van der Waals surface area (Å²) in [5.74, 6) is -2.28. The van der Waals surface area contributed by atoms with Crippen molar-refractivity contribution in [3.05, 3.63) is 29.6 Å². The third-order valence-corrected chi connectivity index (χ3v) is 3.43. The molecule has 2 amide bonds. The van der Waals surface area contributed by atoms with E-state index in [9.17, 15) is 18.8 Å². The summed E-state index contributed by atoms with van der Waals surface area (Å²) in [6.45, 7) is 0.710. The van der Waals surface area contributed by atoms with Crippen molar-refractivity contribution in [2.75, 3.05) is 18.0 Å². The number of hydrogen-bond acceptors (Lipinski definition) is 3. The van der Waals surface area contributed by atoms with Crippen LogP contribution in [0.25, 0.3) is 0 Å². The maximum absolute atomic E-state index is 13.8. The Kier molecular flexibility index (Phi) is 5.08. The van der Waals surface area contributed by atoms with Crippen LogP contribution in [-0.2, 0) is 9.59 Å². The van der Waals surface area contributed by atoms with Gasteiger partial charge in [-0.25, -0.2) is 4.39 Å². The molecule has 1 aliphatic rings. The average molecular weight is 308 g/mol. The lowest BCUT2D eigenvalue weighted by Crippen LogP contribution is -2.27. The minimum atomic E-state index is -0.949. The minimum absolute atomic E-state index is 0.0422. The van der Waals surface area contributed by atoms with Crippen molar-refractivity contribution in [1.29, 1.82) is 0 Å². The van der Waals surface area contributed by atoms with Crippen LogP contribution < -0.4 is 10.2 Å². The van der Waals surface area contributed by atoms with Crippen LogP contribution in [0.15, 0.2) is 18.2 Å². The smallest absolute Gasteiger partial charge is 0.303 e. The predicted octanol–water partition coefficient (Wildman–Crippen LogP) is 1.55. The molecule has 0 spiro atoms. The third-order valence-electron chi connectivity index (χ3n) is 3.43. The Hall–Kier alpha value is -2.44. The van der Waals surface area contributed by atoms with Gasteiger partial charge in [-0.05, 0) is 31.0 Å². The maximum Gasteiger partial charge on any atom is 0.303 e. The van der Waals surface area contributed by atoms with Gasteiger partial charge < -0.3 is 15.3 Å². The Balaban J connectivity index is 2.04. The summed E-state index contributed by atoms with van der Waals surface area (Å²) < 4.78 is 13.8. The highest BCUT2D eigenvalue weighted by Crippen LogP contribution is 2.23. The van der Waals surface area contributed by atoms with Gasteiger partial charge in [0.15, 0.2) is 0 Å². The van der Waals surface area contributed by atoms with Gasteiger partial charge in [-0.15, -0.1) is 0 Å². The molecule has 0 atom stereocenters. The first-order valence-corrected chi connectivity index (χ1v) is 7.09. The van der Waals surface area contributed by atoms with E-state index >= 15 is 0 Å². The van der Waals surface area contributed by atoms with Crippen molar-refractivity contribution in [3.8, 4) is 0 Å². The van der Waals surface area contributed by atoms with E-state index in [-0.39, 0.29) is 30.9 Å². The van der Waals surface area contributed by atoms with Gasteiger partial charge in [0, 0.05) is 31.6 Å². The summed E-state index contributed by atoms with van der Waals surface area (Å²) in [6, 6.07) is 3.98. The third kappa shape index (κ3) is 3.81. The number of carboxylic acid groups (broad SMARTS) is 1. The summed E-state index contributed by atoms with van der Waals surface area (Å²) in [5.41, 5.74) is 0.354. The van der Waals surface area contributed by atoms with E-state index in [0.29, 0.717) is 18.7 Å². The molecule has 0 aliphatic carbocycles. The number of halogens is 1. The highest BCUT2D eigenvalue weighted by atomic mass is 19.1. The van der Waals surface area contributed by atoms with Crippen molar-refractivity contribution < 1.29 is 23.9 Å². The van der Waals surface area contributed by atoms with Crippen LogP contribution in [0.5, 0.6) is 0 Å². The molecular formula is C15H17FN2O4. The topological polar surface area (TPSA) is 86.7 Å². The van der Waals surface area contributed by atoms with E-state index in [4.69, 9.17) is 5.11 Å².